The number of benzene rings is 2. The van der Waals surface area contributed by atoms with Gasteiger partial charge >= 0.3 is 0 Å². The number of nitriles is 1. The van der Waals surface area contributed by atoms with E-state index in [1.807, 2.05) is 30.3 Å². The van der Waals surface area contributed by atoms with E-state index in [0.717, 1.165) is 17.2 Å². The van der Waals surface area contributed by atoms with Gasteiger partial charge in [0, 0.05) is 22.9 Å². The quantitative estimate of drug-likeness (QED) is 0.518. The molecule has 2 aromatic carbocycles. The molecular weight excluding hydrogens is 393 g/mol. The van der Waals surface area contributed by atoms with Crippen LogP contribution in [0.4, 0.5) is 16.0 Å². The van der Waals surface area contributed by atoms with Crippen LogP contribution >= 0.6 is 0 Å². The summed E-state index contributed by atoms with van der Waals surface area (Å²) >= 11 is 0. The topological polar surface area (TPSA) is 92.3 Å². The number of rotatable bonds is 4. The van der Waals surface area contributed by atoms with Crippen LogP contribution in [0.2, 0.25) is 0 Å². The SMILES string of the molecule is CC(C)(C)c1ncn(-c2ccc(Nc3nccc(-c4ccc(C#N)c(F)c4)n3)cc2)n1. The standard InChI is InChI=1S/C23H20FN7/c1-23(2,3)21-27-14-31(30-21)18-8-6-17(7-9-18)28-22-26-11-10-20(29-22)15-4-5-16(13-25)19(24)12-15/h4-12,14H,1-3H3,(H,26,28,29). The van der Waals surface area contributed by atoms with Crippen LogP contribution in [0.1, 0.15) is 32.2 Å². The van der Waals surface area contributed by atoms with Crippen molar-refractivity contribution in [2.45, 2.75) is 26.2 Å². The van der Waals surface area contributed by atoms with Gasteiger partial charge in [-0.2, -0.15) is 10.4 Å². The van der Waals surface area contributed by atoms with E-state index in [0.29, 0.717) is 17.2 Å². The van der Waals surface area contributed by atoms with Gasteiger partial charge in [-0.1, -0.05) is 26.8 Å². The molecule has 4 rings (SSSR count). The van der Waals surface area contributed by atoms with Crippen LogP contribution in [-0.2, 0) is 5.41 Å². The molecule has 4 aromatic rings. The molecule has 1 N–H and O–H groups in total. The fourth-order valence-electron chi connectivity index (χ4n) is 2.90. The summed E-state index contributed by atoms with van der Waals surface area (Å²) in [6.07, 6.45) is 3.30. The molecule has 2 heterocycles. The highest BCUT2D eigenvalue weighted by Gasteiger charge is 2.19. The zero-order valence-electron chi connectivity index (χ0n) is 17.3. The van der Waals surface area contributed by atoms with Gasteiger partial charge in [0.15, 0.2) is 5.82 Å². The van der Waals surface area contributed by atoms with Crippen LogP contribution in [0.3, 0.4) is 0 Å². The van der Waals surface area contributed by atoms with E-state index < -0.39 is 5.82 Å². The number of nitrogens with one attached hydrogen (secondary N) is 1. The molecule has 0 bridgehead atoms. The van der Waals surface area contributed by atoms with Crippen LogP contribution < -0.4 is 5.32 Å². The van der Waals surface area contributed by atoms with E-state index in [1.165, 1.54) is 12.1 Å². The van der Waals surface area contributed by atoms with Gasteiger partial charge in [-0.25, -0.2) is 24.0 Å². The number of anilines is 2. The number of hydrogen-bond donors (Lipinski definition) is 1. The first-order chi connectivity index (χ1) is 14.8. The maximum atomic E-state index is 13.9. The first kappa shape index (κ1) is 20.2. The van der Waals surface area contributed by atoms with E-state index in [-0.39, 0.29) is 11.0 Å². The second-order valence-electron chi connectivity index (χ2n) is 8.01. The molecule has 0 saturated heterocycles. The van der Waals surface area contributed by atoms with Crippen molar-refractivity contribution in [3.63, 3.8) is 0 Å². The predicted molar refractivity (Wildman–Crippen MR) is 115 cm³/mol. The molecule has 0 aliphatic rings. The highest BCUT2D eigenvalue weighted by Crippen LogP contribution is 2.23. The summed E-state index contributed by atoms with van der Waals surface area (Å²) in [7, 11) is 0. The van der Waals surface area contributed by atoms with Gasteiger partial charge in [0.25, 0.3) is 0 Å². The number of aromatic nitrogens is 5. The molecule has 0 aliphatic heterocycles. The minimum Gasteiger partial charge on any atom is -0.324 e. The summed E-state index contributed by atoms with van der Waals surface area (Å²) in [4.78, 5) is 13.1. The van der Waals surface area contributed by atoms with Crippen molar-refractivity contribution in [3.05, 3.63) is 78.3 Å². The Morgan fingerprint density at radius 2 is 1.81 bits per heavy atom. The van der Waals surface area contributed by atoms with Crippen molar-refractivity contribution in [3.8, 4) is 23.0 Å². The summed E-state index contributed by atoms with van der Waals surface area (Å²) in [5.41, 5.74) is 2.68. The van der Waals surface area contributed by atoms with E-state index in [2.05, 4.69) is 46.1 Å². The van der Waals surface area contributed by atoms with Crippen LogP contribution in [0.15, 0.2) is 61.1 Å². The highest BCUT2D eigenvalue weighted by molar-refractivity contribution is 5.63. The second kappa shape index (κ2) is 7.95. The van der Waals surface area contributed by atoms with Gasteiger partial charge < -0.3 is 5.32 Å². The Bertz CT molecular complexity index is 1260. The largest absolute Gasteiger partial charge is 0.324 e. The van der Waals surface area contributed by atoms with E-state index in [4.69, 9.17) is 5.26 Å². The van der Waals surface area contributed by atoms with Gasteiger partial charge in [-0.15, -0.1) is 0 Å². The predicted octanol–water partition coefficient (Wildman–Crippen LogP) is 4.78. The average molecular weight is 413 g/mol. The Kier molecular flexibility index (Phi) is 5.17. The maximum absolute atomic E-state index is 13.9. The van der Waals surface area contributed by atoms with Crippen molar-refractivity contribution < 1.29 is 4.39 Å². The Hall–Kier alpha value is -4.12. The molecule has 7 nitrogen and oxygen atoms in total. The van der Waals surface area contributed by atoms with Gasteiger partial charge in [0.05, 0.1) is 16.9 Å². The molecule has 154 valence electrons. The lowest BCUT2D eigenvalue weighted by Gasteiger charge is -2.12. The lowest BCUT2D eigenvalue weighted by molar-refractivity contribution is 0.543. The smallest absolute Gasteiger partial charge is 0.227 e. The number of halogens is 1. The number of hydrogen-bond acceptors (Lipinski definition) is 6. The lowest BCUT2D eigenvalue weighted by atomic mass is 9.96. The molecular formula is C23H20FN7. The molecule has 0 aliphatic carbocycles. The Morgan fingerprint density at radius 1 is 1.03 bits per heavy atom. The Balaban J connectivity index is 1.52. The molecule has 0 amide bonds. The van der Waals surface area contributed by atoms with Crippen LogP contribution in [0.25, 0.3) is 16.9 Å². The third-order valence-corrected chi connectivity index (χ3v) is 4.59. The van der Waals surface area contributed by atoms with Crippen LogP contribution in [0.5, 0.6) is 0 Å². The van der Waals surface area contributed by atoms with E-state index >= 15 is 0 Å². The summed E-state index contributed by atoms with van der Waals surface area (Å²) in [6, 6.07) is 15.5. The molecule has 0 fully saturated rings. The first-order valence-electron chi connectivity index (χ1n) is 9.66. The fourth-order valence-corrected chi connectivity index (χ4v) is 2.90. The lowest BCUT2D eigenvalue weighted by Crippen LogP contribution is -2.14. The normalized spacial score (nSPS) is 11.2. The van der Waals surface area contributed by atoms with Crippen molar-refractivity contribution in [2.24, 2.45) is 0 Å². The van der Waals surface area contributed by atoms with E-state index in [1.54, 1.807) is 29.3 Å². The molecule has 0 unspecified atom stereocenters. The molecule has 0 saturated carbocycles. The third kappa shape index (κ3) is 4.41. The van der Waals surface area contributed by atoms with Gasteiger partial charge in [-0.05, 0) is 42.5 Å². The zero-order chi connectivity index (χ0) is 22.0. The van der Waals surface area contributed by atoms with Gasteiger partial charge in [-0.3, -0.25) is 0 Å². The average Bonchev–Trinajstić information content (AvgIpc) is 3.25. The second-order valence-corrected chi connectivity index (χ2v) is 8.01. The van der Waals surface area contributed by atoms with Crippen LogP contribution in [-0.4, -0.2) is 24.7 Å². The molecule has 0 radical (unpaired) electrons. The van der Waals surface area contributed by atoms with Crippen LogP contribution in [0, 0.1) is 17.1 Å². The van der Waals surface area contributed by atoms with Gasteiger partial charge in [0.2, 0.25) is 5.95 Å². The molecule has 31 heavy (non-hydrogen) atoms. The van der Waals surface area contributed by atoms with E-state index in [9.17, 15) is 4.39 Å². The third-order valence-electron chi connectivity index (χ3n) is 4.59. The number of nitrogens with zero attached hydrogens (tertiary/aromatic N) is 6. The first-order valence-corrected chi connectivity index (χ1v) is 9.66. The summed E-state index contributed by atoms with van der Waals surface area (Å²) in [6.45, 7) is 6.21. The summed E-state index contributed by atoms with van der Waals surface area (Å²) < 4.78 is 15.7. The highest BCUT2D eigenvalue weighted by atomic mass is 19.1. The Labute approximate surface area is 179 Å². The van der Waals surface area contributed by atoms with Crippen molar-refractivity contribution in [1.82, 2.24) is 24.7 Å². The monoisotopic (exact) mass is 413 g/mol. The minimum atomic E-state index is -0.577. The minimum absolute atomic E-state index is 0.00162. The summed E-state index contributed by atoms with van der Waals surface area (Å²) in [5.74, 6) is 0.580. The molecule has 0 spiro atoms. The van der Waals surface area contributed by atoms with Crippen molar-refractivity contribution >= 4 is 11.6 Å². The molecule has 2 aromatic heterocycles. The molecule has 0 atom stereocenters. The zero-order valence-corrected chi connectivity index (χ0v) is 17.3. The Morgan fingerprint density at radius 3 is 2.45 bits per heavy atom. The van der Waals surface area contributed by atoms with Crippen molar-refractivity contribution in [1.29, 1.82) is 5.26 Å². The fraction of sp³-hybridized carbons (Fsp3) is 0.174. The van der Waals surface area contributed by atoms with Gasteiger partial charge in [0.1, 0.15) is 18.2 Å². The van der Waals surface area contributed by atoms with Crippen molar-refractivity contribution in [2.75, 3.05) is 5.32 Å². The summed E-state index contributed by atoms with van der Waals surface area (Å²) in [5, 5.41) is 16.6. The maximum Gasteiger partial charge on any atom is 0.227 e. The molecule has 8 heteroatoms.